The molecule has 17 heavy (non-hydrogen) atoms. The SMILES string of the molecule is c1ccc2c(c1)Oc1ccccc1N2C1CC1. The maximum absolute atomic E-state index is 5.94. The van der Waals surface area contributed by atoms with Gasteiger partial charge in [-0.3, -0.25) is 0 Å². The molecular formula is C15H13NO. The van der Waals surface area contributed by atoms with Crippen molar-refractivity contribution in [3.8, 4) is 11.5 Å². The van der Waals surface area contributed by atoms with E-state index in [2.05, 4.69) is 29.2 Å². The van der Waals surface area contributed by atoms with Crippen LogP contribution in [0.5, 0.6) is 11.5 Å². The molecule has 0 spiro atoms. The molecule has 0 unspecified atom stereocenters. The summed E-state index contributed by atoms with van der Waals surface area (Å²) in [6.45, 7) is 0. The second kappa shape index (κ2) is 3.27. The van der Waals surface area contributed by atoms with Crippen LogP contribution in [0.15, 0.2) is 48.5 Å². The van der Waals surface area contributed by atoms with Crippen LogP contribution in [0.1, 0.15) is 12.8 Å². The zero-order chi connectivity index (χ0) is 11.2. The van der Waals surface area contributed by atoms with Crippen LogP contribution in [0.2, 0.25) is 0 Å². The molecule has 2 heteroatoms. The van der Waals surface area contributed by atoms with Crippen LogP contribution in [-0.4, -0.2) is 6.04 Å². The maximum Gasteiger partial charge on any atom is 0.151 e. The zero-order valence-electron chi connectivity index (χ0n) is 9.47. The maximum atomic E-state index is 5.94. The summed E-state index contributed by atoms with van der Waals surface area (Å²) in [5, 5.41) is 0. The van der Waals surface area contributed by atoms with Crippen LogP contribution in [-0.2, 0) is 0 Å². The highest BCUT2D eigenvalue weighted by Crippen LogP contribution is 2.50. The van der Waals surface area contributed by atoms with Crippen LogP contribution in [0.4, 0.5) is 11.4 Å². The van der Waals surface area contributed by atoms with E-state index in [4.69, 9.17) is 4.74 Å². The summed E-state index contributed by atoms with van der Waals surface area (Å²) in [7, 11) is 0. The molecule has 0 bridgehead atoms. The Labute approximate surface area is 100 Å². The molecule has 84 valence electrons. The normalized spacial score (nSPS) is 17.1. The number of para-hydroxylation sites is 4. The van der Waals surface area contributed by atoms with Crippen molar-refractivity contribution in [1.29, 1.82) is 0 Å². The van der Waals surface area contributed by atoms with Crippen molar-refractivity contribution >= 4 is 11.4 Å². The smallest absolute Gasteiger partial charge is 0.151 e. The van der Waals surface area contributed by atoms with E-state index in [9.17, 15) is 0 Å². The third-order valence-corrected chi connectivity index (χ3v) is 3.38. The van der Waals surface area contributed by atoms with Crippen molar-refractivity contribution in [2.75, 3.05) is 4.90 Å². The number of hydrogen-bond acceptors (Lipinski definition) is 2. The molecule has 1 aliphatic carbocycles. The van der Waals surface area contributed by atoms with E-state index < -0.39 is 0 Å². The Morgan fingerprint density at radius 1 is 0.824 bits per heavy atom. The summed E-state index contributed by atoms with van der Waals surface area (Å²) in [6, 6.07) is 17.2. The molecule has 0 atom stereocenters. The van der Waals surface area contributed by atoms with E-state index in [1.165, 1.54) is 24.2 Å². The first-order valence-electron chi connectivity index (χ1n) is 6.08. The largest absolute Gasteiger partial charge is 0.453 e. The number of benzene rings is 2. The summed E-state index contributed by atoms with van der Waals surface area (Å²) >= 11 is 0. The number of ether oxygens (including phenoxy) is 1. The van der Waals surface area contributed by atoms with Crippen molar-refractivity contribution in [3.05, 3.63) is 48.5 Å². The van der Waals surface area contributed by atoms with Gasteiger partial charge in [-0.25, -0.2) is 0 Å². The molecule has 1 saturated carbocycles. The van der Waals surface area contributed by atoms with Gasteiger partial charge < -0.3 is 9.64 Å². The standard InChI is InChI=1S/C15H13NO/c1-3-7-14-12(5-1)16(11-9-10-11)13-6-2-4-8-15(13)17-14/h1-8,11H,9-10H2. The Balaban J connectivity index is 1.93. The van der Waals surface area contributed by atoms with Crippen molar-refractivity contribution < 1.29 is 4.74 Å². The van der Waals surface area contributed by atoms with Crippen molar-refractivity contribution in [1.82, 2.24) is 0 Å². The first-order valence-corrected chi connectivity index (χ1v) is 6.08. The molecule has 0 radical (unpaired) electrons. The van der Waals surface area contributed by atoms with Crippen LogP contribution in [0.25, 0.3) is 0 Å². The monoisotopic (exact) mass is 223 g/mol. The van der Waals surface area contributed by atoms with Gasteiger partial charge >= 0.3 is 0 Å². The number of hydrogen-bond donors (Lipinski definition) is 0. The van der Waals surface area contributed by atoms with Gasteiger partial charge in [0.15, 0.2) is 11.5 Å². The first kappa shape index (κ1) is 9.11. The summed E-state index contributed by atoms with van der Waals surface area (Å²) in [5.41, 5.74) is 2.41. The summed E-state index contributed by atoms with van der Waals surface area (Å²) in [5.74, 6) is 1.94. The van der Waals surface area contributed by atoms with Gasteiger partial charge in [-0.05, 0) is 37.1 Å². The van der Waals surface area contributed by atoms with Gasteiger partial charge in [0.05, 0.1) is 11.4 Å². The van der Waals surface area contributed by atoms with Crippen molar-refractivity contribution in [3.63, 3.8) is 0 Å². The molecule has 1 heterocycles. The fourth-order valence-corrected chi connectivity index (χ4v) is 2.46. The number of fused-ring (bicyclic) bond motifs is 2. The molecule has 0 N–H and O–H groups in total. The molecule has 2 aromatic carbocycles. The lowest BCUT2D eigenvalue weighted by molar-refractivity contribution is 0.472. The second-order valence-electron chi connectivity index (χ2n) is 4.64. The summed E-state index contributed by atoms with van der Waals surface area (Å²) in [6.07, 6.45) is 2.56. The van der Waals surface area contributed by atoms with Crippen molar-refractivity contribution in [2.45, 2.75) is 18.9 Å². The van der Waals surface area contributed by atoms with Gasteiger partial charge in [0.25, 0.3) is 0 Å². The van der Waals surface area contributed by atoms with E-state index in [0.717, 1.165) is 11.5 Å². The average molecular weight is 223 g/mol. The van der Waals surface area contributed by atoms with Crippen molar-refractivity contribution in [2.24, 2.45) is 0 Å². The van der Waals surface area contributed by atoms with Gasteiger partial charge in [-0.15, -0.1) is 0 Å². The van der Waals surface area contributed by atoms with E-state index in [1.54, 1.807) is 0 Å². The molecule has 0 saturated heterocycles. The molecule has 1 aliphatic heterocycles. The van der Waals surface area contributed by atoms with Crippen LogP contribution in [0.3, 0.4) is 0 Å². The van der Waals surface area contributed by atoms with Crippen LogP contribution < -0.4 is 9.64 Å². The quantitative estimate of drug-likeness (QED) is 0.721. The lowest BCUT2D eigenvalue weighted by atomic mass is 10.1. The number of rotatable bonds is 1. The predicted molar refractivity (Wildman–Crippen MR) is 68.1 cm³/mol. The highest BCUT2D eigenvalue weighted by Gasteiger charge is 2.35. The Hall–Kier alpha value is -1.96. The predicted octanol–water partition coefficient (Wildman–Crippen LogP) is 4.09. The van der Waals surface area contributed by atoms with E-state index >= 15 is 0 Å². The molecule has 0 aromatic heterocycles. The number of nitrogens with zero attached hydrogens (tertiary/aromatic N) is 1. The fraction of sp³-hybridized carbons (Fsp3) is 0.200. The van der Waals surface area contributed by atoms with Gasteiger partial charge in [0, 0.05) is 6.04 Å². The second-order valence-corrected chi connectivity index (χ2v) is 4.64. The minimum absolute atomic E-state index is 0.654. The molecule has 2 nitrogen and oxygen atoms in total. The van der Waals surface area contributed by atoms with Gasteiger partial charge in [0.1, 0.15) is 0 Å². The highest BCUT2D eigenvalue weighted by atomic mass is 16.5. The average Bonchev–Trinajstić information content (AvgIpc) is 3.20. The van der Waals surface area contributed by atoms with Gasteiger partial charge in [-0.2, -0.15) is 0 Å². The lowest BCUT2D eigenvalue weighted by Crippen LogP contribution is -2.23. The fourth-order valence-electron chi connectivity index (χ4n) is 2.46. The minimum Gasteiger partial charge on any atom is -0.453 e. The molecule has 2 aromatic rings. The van der Waals surface area contributed by atoms with E-state index in [-0.39, 0.29) is 0 Å². The van der Waals surface area contributed by atoms with E-state index in [0.29, 0.717) is 6.04 Å². The molecular weight excluding hydrogens is 210 g/mol. The molecule has 1 fully saturated rings. The summed E-state index contributed by atoms with van der Waals surface area (Å²) in [4.78, 5) is 2.42. The third kappa shape index (κ3) is 1.34. The van der Waals surface area contributed by atoms with Crippen LogP contribution in [0, 0.1) is 0 Å². The Morgan fingerprint density at radius 3 is 1.88 bits per heavy atom. The first-order chi connectivity index (χ1) is 8.43. The molecule has 2 aliphatic rings. The minimum atomic E-state index is 0.654. The molecule has 4 rings (SSSR count). The zero-order valence-corrected chi connectivity index (χ0v) is 9.47. The Kier molecular flexibility index (Phi) is 1.75. The van der Waals surface area contributed by atoms with Crippen LogP contribution >= 0.6 is 0 Å². The molecule has 0 amide bonds. The topological polar surface area (TPSA) is 12.5 Å². The Morgan fingerprint density at radius 2 is 1.35 bits per heavy atom. The number of anilines is 2. The lowest BCUT2D eigenvalue weighted by Gasteiger charge is -2.32. The van der Waals surface area contributed by atoms with Gasteiger partial charge in [0.2, 0.25) is 0 Å². The van der Waals surface area contributed by atoms with E-state index in [1.807, 2.05) is 24.3 Å². The van der Waals surface area contributed by atoms with Gasteiger partial charge in [-0.1, -0.05) is 24.3 Å². The summed E-state index contributed by atoms with van der Waals surface area (Å²) < 4.78 is 5.94. The highest BCUT2D eigenvalue weighted by molar-refractivity contribution is 5.78. The third-order valence-electron chi connectivity index (χ3n) is 3.38. The Bertz CT molecular complexity index is 529.